The number of hydrogen-bond donors (Lipinski definition) is 1. The van der Waals surface area contributed by atoms with Crippen molar-refractivity contribution in [1.82, 2.24) is 0 Å². The van der Waals surface area contributed by atoms with Gasteiger partial charge in [-0.3, -0.25) is 0 Å². The van der Waals surface area contributed by atoms with Gasteiger partial charge in [-0.1, -0.05) is 6.92 Å². The molecule has 4 nitrogen and oxygen atoms in total. The van der Waals surface area contributed by atoms with Crippen molar-refractivity contribution in [2.24, 2.45) is 0 Å². The fourth-order valence-electron chi connectivity index (χ4n) is 2.97. The second kappa shape index (κ2) is 6.67. The molecule has 1 N–H and O–H groups in total. The van der Waals surface area contributed by atoms with E-state index in [1.54, 1.807) is 19.1 Å². The first-order valence-corrected chi connectivity index (χ1v) is 8.02. The van der Waals surface area contributed by atoms with E-state index in [-0.39, 0.29) is 12.0 Å². The summed E-state index contributed by atoms with van der Waals surface area (Å²) in [5.74, 6) is -1.65. The summed E-state index contributed by atoms with van der Waals surface area (Å²) in [6.45, 7) is 9.79. The highest BCUT2D eigenvalue weighted by molar-refractivity contribution is 5.95. The van der Waals surface area contributed by atoms with Crippen molar-refractivity contribution >= 4 is 17.1 Å². The van der Waals surface area contributed by atoms with Gasteiger partial charge < -0.3 is 14.6 Å². The van der Waals surface area contributed by atoms with Crippen molar-refractivity contribution in [2.45, 2.75) is 46.6 Å². The average molecular weight is 334 g/mol. The minimum Gasteiger partial charge on any atom is -0.493 e. The first kappa shape index (κ1) is 18.0. The number of allylic oxidation sites excluding steroid dienone is 2. The van der Waals surface area contributed by atoms with Crippen LogP contribution in [0.15, 0.2) is 24.0 Å². The zero-order valence-corrected chi connectivity index (χ0v) is 14.7. The van der Waals surface area contributed by atoms with Gasteiger partial charge in [-0.2, -0.15) is 4.39 Å². The van der Waals surface area contributed by atoms with E-state index in [4.69, 9.17) is 14.6 Å². The molecule has 0 fully saturated rings. The van der Waals surface area contributed by atoms with E-state index in [9.17, 15) is 9.18 Å². The van der Waals surface area contributed by atoms with Crippen LogP contribution in [0.4, 0.5) is 4.39 Å². The highest BCUT2D eigenvalue weighted by atomic mass is 19.1. The van der Waals surface area contributed by atoms with Gasteiger partial charge in [-0.25, -0.2) is 4.79 Å². The SMILES string of the molecule is CCOc1cc2c(cc1C(CC)=C(F)C(=O)O)C(C)=CC(C)(C)O2. The van der Waals surface area contributed by atoms with Crippen molar-refractivity contribution in [3.63, 3.8) is 0 Å². The normalized spacial score (nSPS) is 16.5. The fraction of sp³-hybridized carbons (Fsp3) is 0.421. The lowest BCUT2D eigenvalue weighted by molar-refractivity contribution is -0.134. The molecule has 0 aromatic heterocycles. The lowest BCUT2D eigenvalue weighted by Crippen LogP contribution is -2.28. The monoisotopic (exact) mass is 334 g/mol. The van der Waals surface area contributed by atoms with Crippen LogP contribution in [0.5, 0.6) is 11.5 Å². The van der Waals surface area contributed by atoms with Gasteiger partial charge in [0.25, 0.3) is 0 Å². The molecule has 0 unspecified atom stereocenters. The Morgan fingerprint density at radius 1 is 1.33 bits per heavy atom. The van der Waals surface area contributed by atoms with Gasteiger partial charge in [0.15, 0.2) is 0 Å². The molecule has 1 aromatic carbocycles. The highest BCUT2D eigenvalue weighted by Crippen LogP contribution is 2.43. The summed E-state index contributed by atoms with van der Waals surface area (Å²) in [6, 6.07) is 3.47. The van der Waals surface area contributed by atoms with Crippen LogP contribution in [-0.2, 0) is 4.79 Å². The largest absolute Gasteiger partial charge is 0.493 e. The Kier molecular flexibility index (Phi) is 5.02. The zero-order chi connectivity index (χ0) is 18.1. The molecule has 0 radical (unpaired) electrons. The molecule has 130 valence electrons. The van der Waals surface area contributed by atoms with Crippen LogP contribution >= 0.6 is 0 Å². The highest BCUT2D eigenvalue weighted by Gasteiger charge is 2.28. The fourth-order valence-corrected chi connectivity index (χ4v) is 2.97. The minimum atomic E-state index is -1.57. The zero-order valence-electron chi connectivity index (χ0n) is 14.7. The van der Waals surface area contributed by atoms with Crippen molar-refractivity contribution in [3.8, 4) is 11.5 Å². The van der Waals surface area contributed by atoms with Gasteiger partial charge in [-0.15, -0.1) is 0 Å². The van der Waals surface area contributed by atoms with Gasteiger partial charge in [0.1, 0.15) is 17.1 Å². The number of carboxylic acids is 1. The van der Waals surface area contributed by atoms with Gasteiger partial charge >= 0.3 is 5.97 Å². The summed E-state index contributed by atoms with van der Waals surface area (Å²) >= 11 is 0. The summed E-state index contributed by atoms with van der Waals surface area (Å²) < 4.78 is 25.7. The Bertz CT molecular complexity index is 729. The van der Waals surface area contributed by atoms with E-state index < -0.39 is 17.4 Å². The van der Waals surface area contributed by atoms with E-state index in [1.807, 2.05) is 33.8 Å². The molecule has 5 heteroatoms. The van der Waals surface area contributed by atoms with Crippen LogP contribution in [0.2, 0.25) is 0 Å². The number of ether oxygens (including phenoxy) is 2. The number of halogens is 1. The Morgan fingerprint density at radius 3 is 2.54 bits per heavy atom. The number of hydrogen-bond acceptors (Lipinski definition) is 3. The third-order valence-corrected chi connectivity index (χ3v) is 3.87. The molecule has 1 aromatic rings. The van der Waals surface area contributed by atoms with Gasteiger partial charge in [0, 0.05) is 22.8 Å². The van der Waals surface area contributed by atoms with Crippen LogP contribution in [-0.4, -0.2) is 23.3 Å². The van der Waals surface area contributed by atoms with E-state index in [0.717, 1.165) is 11.1 Å². The first-order valence-electron chi connectivity index (χ1n) is 8.02. The molecular formula is C19H23FO4. The molecule has 1 aliphatic rings. The molecule has 1 aliphatic heterocycles. The average Bonchev–Trinajstić information content (AvgIpc) is 2.47. The van der Waals surface area contributed by atoms with E-state index in [0.29, 0.717) is 23.7 Å². The smallest absolute Gasteiger partial charge is 0.365 e. The molecule has 0 bridgehead atoms. The molecule has 24 heavy (non-hydrogen) atoms. The summed E-state index contributed by atoms with van der Waals surface area (Å²) in [6.07, 6.45) is 2.23. The molecule has 0 aliphatic carbocycles. The van der Waals surface area contributed by atoms with E-state index >= 15 is 0 Å². The third kappa shape index (κ3) is 3.45. The molecule has 0 amide bonds. The Hall–Kier alpha value is -2.30. The number of aliphatic carboxylic acids is 1. The maximum Gasteiger partial charge on any atom is 0.365 e. The summed E-state index contributed by atoms with van der Waals surface area (Å²) in [5.41, 5.74) is 1.94. The van der Waals surface area contributed by atoms with Crippen molar-refractivity contribution in [3.05, 3.63) is 35.2 Å². The topological polar surface area (TPSA) is 55.8 Å². The second-order valence-corrected chi connectivity index (χ2v) is 6.26. The quantitative estimate of drug-likeness (QED) is 0.783. The Morgan fingerprint density at radius 2 is 2.00 bits per heavy atom. The Labute approximate surface area is 141 Å². The summed E-state index contributed by atoms with van der Waals surface area (Å²) in [7, 11) is 0. The first-order chi connectivity index (χ1) is 11.2. The third-order valence-electron chi connectivity index (χ3n) is 3.87. The standard InChI is InChI=1S/C19H23FO4/c1-6-12(17(20)18(21)22)14-8-13-11(3)10-19(4,5)24-16(13)9-15(14)23-7-2/h8-10H,6-7H2,1-5H3,(H,21,22). The number of benzene rings is 1. The number of carboxylic acid groups (broad SMARTS) is 1. The van der Waals surface area contributed by atoms with Crippen molar-refractivity contribution < 1.29 is 23.8 Å². The van der Waals surface area contributed by atoms with Crippen LogP contribution in [0.3, 0.4) is 0 Å². The van der Waals surface area contributed by atoms with Crippen LogP contribution in [0, 0.1) is 0 Å². The van der Waals surface area contributed by atoms with Crippen LogP contribution in [0.1, 0.15) is 52.2 Å². The van der Waals surface area contributed by atoms with Gasteiger partial charge in [0.05, 0.1) is 6.61 Å². The molecule has 2 rings (SSSR count). The van der Waals surface area contributed by atoms with Crippen LogP contribution in [0.25, 0.3) is 11.1 Å². The van der Waals surface area contributed by atoms with Gasteiger partial charge in [0.2, 0.25) is 5.83 Å². The predicted molar refractivity (Wildman–Crippen MR) is 91.9 cm³/mol. The van der Waals surface area contributed by atoms with E-state index in [1.165, 1.54) is 0 Å². The Balaban J connectivity index is 2.71. The second-order valence-electron chi connectivity index (χ2n) is 6.26. The van der Waals surface area contributed by atoms with Crippen molar-refractivity contribution in [2.75, 3.05) is 6.61 Å². The lowest BCUT2D eigenvalue weighted by Gasteiger charge is -2.31. The number of carbonyl (C=O) groups is 1. The number of rotatable bonds is 5. The van der Waals surface area contributed by atoms with Crippen molar-refractivity contribution in [1.29, 1.82) is 0 Å². The molecule has 0 saturated carbocycles. The summed E-state index contributed by atoms with van der Waals surface area (Å²) in [4.78, 5) is 11.1. The molecular weight excluding hydrogens is 311 g/mol. The molecule has 0 spiro atoms. The maximum atomic E-state index is 14.1. The molecule has 1 heterocycles. The predicted octanol–water partition coefficient (Wildman–Crippen LogP) is 4.83. The maximum absolute atomic E-state index is 14.1. The van der Waals surface area contributed by atoms with Gasteiger partial charge in [-0.05, 0) is 51.8 Å². The molecule has 0 atom stereocenters. The number of fused-ring (bicyclic) bond motifs is 1. The molecule has 0 saturated heterocycles. The minimum absolute atomic E-state index is 0.117. The lowest BCUT2D eigenvalue weighted by atomic mass is 9.91. The van der Waals surface area contributed by atoms with Crippen LogP contribution < -0.4 is 9.47 Å². The summed E-state index contributed by atoms with van der Waals surface area (Å²) in [5, 5.41) is 9.01. The van der Waals surface area contributed by atoms with E-state index in [2.05, 4.69) is 0 Å².